The molecule has 2 aromatic rings. The van der Waals surface area contributed by atoms with E-state index in [1.807, 2.05) is 6.07 Å². The number of carbonyl (C=O) groups excluding carboxylic acids is 1. The van der Waals surface area contributed by atoms with Gasteiger partial charge in [0.1, 0.15) is 17.2 Å². The molecule has 0 fully saturated rings. The lowest BCUT2D eigenvalue weighted by atomic mass is 10.1. The number of aryl methyl sites for hydroxylation is 2. The second kappa shape index (κ2) is 6.01. The van der Waals surface area contributed by atoms with Gasteiger partial charge in [0.05, 0.1) is 0 Å². The summed E-state index contributed by atoms with van der Waals surface area (Å²) in [6.45, 7) is 3.58. The molecule has 3 nitrogen and oxygen atoms in total. The molecule has 0 saturated carbocycles. The van der Waals surface area contributed by atoms with Gasteiger partial charge in [0, 0.05) is 12.2 Å². The summed E-state index contributed by atoms with van der Waals surface area (Å²) < 4.78 is 27.6. The zero-order valence-electron chi connectivity index (χ0n) is 11.8. The molecule has 0 heterocycles. The molecule has 0 radical (unpaired) electrons. The summed E-state index contributed by atoms with van der Waals surface area (Å²) in [4.78, 5) is 12.1. The molecule has 1 amide bonds. The normalized spacial score (nSPS) is 10.5. The number of amides is 1. The van der Waals surface area contributed by atoms with Crippen LogP contribution in [0.25, 0.3) is 0 Å². The zero-order chi connectivity index (χ0) is 15.6. The van der Waals surface area contributed by atoms with Gasteiger partial charge in [0.15, 0.2) is 0 Å². The molecule has 0 atom stereocenters. The van der Waals surface area contributed by atoms with Crippen molar-refractivity contribution in [3.8, 4) is 0 Å². The number of nitrogens with one attached hydrogen (secondary N) is 1. The Hall–Kier alpha value is -2.27. The van der Waals surface area contributed by atoms with Gasteiger partial charge in [-0.15, -0.1) is 0 Å². The van der Waals surface area contributed by atoms with Crippen molar-refractivity contribution in [2.45, 2.75) is 20.4 Å². The number of anilines is 1. The molecule has 0 saturated heterocycles. The first-order valence-electron chi connectivity index (χ1n) is 6.49. The van der Waals surface area contributed by atoms with Crippen LogP contribution in [0.3, 0.4) is 0 Å². The van der Waals surface area contributed by atoms with Crippen LogP contribution < -0.4 is 11.1 Å². The SMILES string of the molecule is Cc1ccc(CN)cc1NC(=O)c1c(F)ccc(C)c1F. The van der Waals surface area contributed by atoms with Gasteiger partial charge in [0.2, 0.25) is 0 Å². The number of carbonyl (C=O) groups is 1. The molecule has 110 valence electrons. The van der Waals surface area contributed by atoms with Gasteiger partial charge in [-0.05, 0) is 42.7 Å². The number of hydrogen-bond donors (Lipinski definition) is 2. The van der Waals surface area contributed by atoms with E-state index in [9.17, 15) is 13.6 Å². The molecule has 21 heavy (non-hydrogen) atoms. The van der Waals surface area contributed by atoms with E-state index in [0.29, 0.717) is 12.2 Å². The van der Waals surface area contributed by atoms with Crippen LogP contribution in [-0.2, 0) is 6.54 Å². The summed E-state index contributed by atoms with van der Waals surface area (Å²) in [6, 6.07) is 7.69. The maximum absolute atomic E-state index is 13.9. The number of nitrogens with two attached hydrogens (primary N) is 1. The Balaban J connectivity index is 2.37. The highest BCUT2D eigenvalue weighted by atomic mass is 19.1. The second-order valence-corrected chi connectivity index (χ2v) is 4.86. The number of rotatable bonds is 3. The van der Waals surface area contributed by atoms with Crippen molar-refractivity contribution in [3.63, 3.8) is 0 Å². The average Bonchev–Trinajstić information content (AvgIpc) is 2.46. The minimum Gasteiger partial charge on any atom is -0.326 e. The Morgan fingerprint density at radius 2 is 1.81 bits per heavy atom. The lowest BCUT2D eigenvalue weighted by Crippen LogP contribution is -2.17. The Labute approximate surface area is 121 Å². The fourth-order valence-electron chi connectivity index (χ4n) is 1.98. The topological polar surface area (TPSA) is 55.1 Å². The molecule has 0 unspecified atom stereocenters. The van der Waals surface area contributed by atoms with Gasteiger partial charge in [-0.2, -0.15) is 0 Å². The highest BCUT2D eigenvalue weighted by Gasteiger charge is 2.19. The molecule has 0 spiro atoms. The number of halogens is 2. The monoisotopic (exact) mass is 290 g/mol. The molecule has 2 aromatic carbocycles. The first kappa shape index (κ1) is 15.1. The van der Waals surface area contributed by atoms with Crippen LogP contribution in [0.5, 0.6) is 0 Å². The Morgan fingerprint density at radius 3 is 2.48 bits per heavy atom. The third kappa shape index (κ3) is 3.08. The van der Waals surface area contributed by atoms with E-state index in [4.69, 9.17) is 5.73 Å². The zero-order valence-corrected chi connectivity index (χ0v) is 11.8. The number of hydrogen-bond acceptors (Lipinski definition) is 2. The van der Waals surface area contributed by atoms with Crippen LogP contribution in [0.1, 0.15) is 27.0 Å². The van der Waals surface area contributed by atoms with Crippen LogP contribution in [0.4, 0.5) is 14.5 Å². The van der Waals surface area contributed by atoms with Crippen LogP contribution in [0.15, 0.2) is 30.3 Å². The molecule has 2 rings (SSSR count). The molecule has 0 bridgehead atoms. The van der Waals surface area contributed by atoms with Crippen molar-refractivity contribution >= 4 is 11.6 Å². The molecule has 0 aliphatic rings. The third-order valence-corrected chi connectivity index (χ3v) is 3.30. The van der Waals surface area contributed by atoms with Gasteiger partial charge in [0.25, 0.3) is 5.91 Å². The summed E-state index contributed by atoms with van der Waals surface area (Å²) in [6.07, 6.45) is 0. The predicted octanol–water partition coefficient (Wildman–Crippen LogP) is 3.29. The van der Waals surface area contributed by atoms with E-state index in [1.54, 1.807) is 19.1 Å². The molecule has 3 N–H and O–H groups in total. The summed E-state index contributed by atoms with van der Waals surface area (Å²) in [5, 5.41) is 2.54. The van der Waals surface area contributed by atoms with E-state index in [1.165, 1.54) is 13.0 Å². The minimum atomic E-state index is -0.886. The fraction of sp³-hybridized carbons (Fsp3) is 0.188. The molecular weight excluding hydrogens is 274 g/mol. The van der Waals surface area contributed by atoms with E-state index < -0.39 is 23.1 Å². The minimum absolute atomic E-state index is 0.217. The van der Waals surface area contributed by atoms with Crippen LogP contribution in [-0.4, -0.2) is 5.91 Å². The molecule has 5 heteroatoms. The van der Waals surface area contributed by atoms with Crippen molar-refractivity contribution in [1.29, 1.82) is 0 Å². The van der Waals surface area contributed by atoms with Gasteiger partial charge < -0.3 is 11.1 Å². The van der Waals surface area contributed by atoms with Gasteiger partial charge in [-0.25, -0.2) is 8.78 Å². The average molecular weight is 290 g/mol. The van der Waals surface area contributed by atoms with Gasteiger partial charge >= 0.3 is 0 Å². The van der Waals surface area contributed by atoms with E-state index in [2.05, 4.69) is 5.32 Å². The summed E-state index contributed by atoms with van der Waals surface area (Å²) in [5.41, 5.74) is 7.28. The quantitative estimate of drug-likeness (QED) is 0.911. The summed E-state index contributed by atoms with van der Waals surface area (Å²) >= 11 is 0. The van der Waals surface area contributed by atoms with Crippen molar-refractivity contribution in [1.82, 2.24) is 0 Å². The molecule has 0 aromatic heterocycles. The first-order valence-corrected chi connectivity index (χ1v) is 6.49. The largest absolute Gasteiger partial charge is 0.326 e. The van der Waals surface area contributed by atoms with Crippen LogP contribution >= 0.6 is 0 Å². The first-order chi connectivity index (χ1) is 9.93. The second-order valence-electron chi connectivity index (χ2n) is 4.86. The van der Waals surface area contributed by atoms with Crippen LogP contribution in [0, 0.1) is 25.5 Å². The van der Waals surface area contributed by atoms with E-state index in [-0.39, 0.29) is 5.56 Å². The van der Waals surface area contributed by atoms with Gasteiger partial charge in [-0.1, -0.05) is 18.2 Å². The van der Waals surface area contributed by atoms with Crippen molar-refractivity contribution < 1.29 is 13.6 Å². The Kier molecular flexibility index (Phi) is 4.33. The lowest BCUT2D eigenvalue weighted by molar-refractivity contribution is 0.101. The highest BCUT2D eigenvalue weighted by molar-refractivity contribution is 6.05. The fourth-order valence-corrected chi connectivity index (χ4v) is 1.98. The number of benzene rings is 2. The molecule has 0 aliphatic carbocycles. The summed E-state index contributed by atoms with van der Waals surface area (Å²) in [7, 11) is 0. The smallest absolute Gasteiger partial charge is 0.261 e. The lowest BCUT2D eigenvalue weighted by Gasteiger charge is -2.12. The third-order valence-electron chi connectivity index (χ3n) is 3.30. The van der Waals surface area contributed by atoms with E-state index in [0.717, 1.165) is 17.2 Å². The maximum atomic E-state index is 13.9. The predicted molar refractivity (Wildman–Crippen MR) is 78.1 cm³/mol. The van der Waals surface area contributed by atoms with Crippen LogP contribution in [0.2, 0.25) is 0 Å². The molecular formula is C16H16F2N2O. The maximum Gasteiger partial charge on any atom is 0.261 e. The van der Waals surface area contributed by atoms with E-state index >= 15 is 0 Å². The Bertz CT molecular complexity index is 699. The van der Waals surface area contributed by atoms with Gasteiger partial charge in [-0.3, -0.25) is 4.79 Å². The highest BCUT2D eigenvalue weighted by Crippen LogP contribution is 2.21. The Morgan fingerprint density at radius 1 is 1.14 bits per heavy atom. The molecule has 0 aliphatic heterocycles. The van der Waals surface area contributed by atoms with Crippen molar-refractivity contribution in [2.75, 3.05) is 5.32 Å². The summed E-state index contributed by atoms with van der Waals surface area (Å²) in [5.74, 6) is -2.55. The van der Waals surface area contributed by atoms with Crippen molar-refractivity contribution in [2.24, 2.45) is 5.73 Å². The van der Waals surface area contributed by atoms with Crippen molar-refractivity contribution in [3.05, 3.63) is 64.2 Å². The standard InChI is InChI=1S/C16H16F2N2O/c1-9-3-5-11(8-19)7-13(9)20-16(21)14-12(17)6-4-10(2)15(14)18/h3-7H,8,19H2,1-2H3,(H,20,21).